The van der Waals surface area contributed by atoms with Gasteiger partial charge in [-0.2, -0.15) is 0 Å². The highest BCUT2D eigenvalue weighted by atomic mass is 16.5. The number of pyridine rings is 1. The Morgan fingerprint density at radius 1 is 0.492 bits per heavy atom. The maximum absolute atomic E-state index is 6.80. The predicted molar refractivity (Wildman–Crippen MR) is 254 cm³/mol. The third-order valence-electron chi connectivity index (χ3n) is 12.0. The van der Waals surface area contributed by atoms with Gasteiger partial charge >= 0.3 is 0 Å². The largest absolute Gasteiger partial charge is 0.457 e. The number of ether oxygens (including phenoxy) is 1. The van der Waals surface area contributed by atoms with Gasteiger partial charge in [-0.1, -0.05) is 148 Å². The first-order valence-corrected chi connectivity index (χ1v) is 21.0. The van der Waals surface area contributed by atoms with E-state index in [0.717, 1.165) is 39.7 Å². The zero-order chi connectivity index (χ0) is 41.1. The van der Waals surface area contributed by atoms with Crippen molar-refractivity contribution in [2.75, 3.05) is 16.5 Å². The molecule has 0 bridgehead atoms. The summed E-state index contributed by atoms with van der Waals surface area (Å²) in [4.78, 5) is 9.72. The minimum Gasteiger partial charge on any atom is -0.457 e. The zero-order valence-electron chi connectivity index (χ0n) is 34.5. The van der Waals surface area contributed by atoms with Crippen molar-refractivity contribution in [3.8, 4) is 39.6 Å². The van der Waals surface area contributed by atoms with Gasteiger partial charge in [-0.25, -0.2) is 4.98 Å². The number of rotatable bonds is 7. The molecule has 0 fully saturated rings. The Labute approximate surface area is 356 Å². The fourth-order valence-corrected chi connectivity index (χ4v) is 9.09. The van der Waals surface area contributed by atoms with Gasteiger partial charge in [-0.05, 0) is 82.1 Å². The van der Waals surface area contributed by atoms with Gasteiger partial charge in [0.05, 0.1) is 28.1 Å². The van der Waals surface area contributed by atoms with Crippen LogP contribution in [0.3, 0.4) is 0 Å². The van der Waals surface area contributed by atoms with Crippen LogP contribution in [0.2, 0.25) is 0 Å². The van der Waals surface area contributed by atoms with Crippen LogP contribution in [0.25, 0.3) is 60.6 Å². The van der Waals surface area contributed by atoms with Gasteiger partial charge in [0, 0.05) is 51.3 Å². The van der Waals surface area contributed by atoms with Gasteiger partial charge in [-0.15, -0.1) is 0 Å². The fraction of sp³-hybridized carbons (Fsp3) is 0.0893. The van der Waals surface area contributed by atoms with Crippen LogP contribution in [0.15, 0.2) is 200 Å². The molecule has 3 heterocycles. The highest BCUT2D eigenvalue weighted by molar-refractivity contribution is 6.11. The summed E-state index contributed by atoms with van der Waals surface area (Å²) in [5.74, 6) is 2.40. The number of para-hydroxylation sites is 1. The fourth-order valence-electron chi connectivity index (χ4n) is 9.09. The first-order valence-electron chi connectivity index (χ1n) is 21.0. The Morgan fingerprint density at radius 3 is 1.93 bits per heavy atom. The van der Waals surface area contributed by atoms with Crippen LogP contribution in [-0.2, 0) is 5.41 Å². The minimum absolute atomic E-state index is 0.0249. The van der Waals surface area contributed by atoms with Gasteiger partial charge < -0.3 is 14.5 Å². The predicted octanol–water partition coefficient (Wildman–Crippen LogP) is 15.0. The third kappa shape index (κ3) is 6.37. The van der Waals surface area contributed by atoms with Gasteiger partial charge in [0.2, 0.25) is 0 Å². The van der Waals surface area contributed by atoms with E-state index in [-0.39, 0.29) is 5.41 Å². The lowest BCUT2D eigenvalue weighted by Crippen LogP contribution is -2.25. The van der Waals surface area contributed by atoms with E-state index >= 15 is 0 Å². The summed E-state index contributed by atoms with van der Waals surface area (Å²) in [7, 11) is 0. The van der Waals surface area contributed by atoms with E-state index in [1.807, 2.05) is 24.4 Å². The molecule has 11 rings (SSSR count). The van der Waals surface area contributed by atoms with Gasteiger partial charge in [0.1, 0.15) is 24.0 Å². The van der Waals surface area contributed by atoms with Crippen molar-refractivity contribution in [3.05, 3.63) is 206 Å². The summed E-state index contributed by atoms with van der Waals surface area (Å²) in [6.45, 7) is 7.40. The van der Waals surface area contributed by atoms with Crippen LogP contribution in [0.5, 0.6) is 11.5 Å². The van der Waals surface area contributed by atoms with E-state index in [1.165, 1.54) is 60.7 Å². The van der Waals surface area contributed by atoms with Crippen LogP contribution in [0.1, 0.15) is 26.3 Å². The standard InChI is InChI=1S/C56H44N4O/c1-56(2,3)41-28-32-50-49(34-41)48-30-29-44(36-52(48)60(50)53-26-12-13-33-57-53)61-43-22-14-21-42(35-43)58-37-59(55-47-23-11-10-20-40(47)27-31-51(55)58)54-45(38-16-6-4-7-17-38)24-15-25-46(54)39-18-8-5-9-19-39/h4-36H,37H2,1-3H3. The second kappa shape index (κ2) is 14.6. The molecule has 5 nitrogen and oxygen atoms in total. The quantitative estimate of drug-likeness (QED) is 0.161. The van der Waals surface area contributed by atoms with Crippen LogP contribution >= 0.6 is 0 Å². The lowest BCUT2D eigenvalue weighted by atomic mass is 9.86. The molecule has 0 atom stereocenters. The molecule has 61 heavy (non-hydrogen) atoms. The number of fused-ring (bicyclic) bond motifs is 6. The van der Waals surface area contributed by atoms with Gasteiger partial charge in [0.25, 0.3) is 0 Å². The lowest BCUT2D eigenvalue weighted by molar-refractivity contribution is 0.483. The highest BCUT2D eigenvalue weighted by Gasteiger charge is 2.33. The van der Waals surface area contributed by atoms with E-state index in [4.69, 9.17) is 9.72 Å². The zero-order valence-corrected chi connectivity index (χ0v) is 34.5. The normalized spacial score (nSPS) is 12.7. The molecule has 0 saturated carbocycles. The van der Waals surface area contributed by atoms with Crippen molar-refractivity contribution in [2.45, 2.75) is 26.2 Å². The summed E-state index contributed by atoms with van der Waals surface area (Å²) in [6.07, 6.45) is 1.85. The van der Waals surface area contributed by atoms with E-state index < -0.39 is 0 Å². The molecule has 8 aromatic carbocycles. The number of benzene rings is 8. The van der Waals surface area contributed by atoms with Crippen molar-refractivity contribution < 1.29 is 4.74 Å². The van der Waals surface area contributed by atoms with Crippen LogP contribution in [-0.4, -0.2) is 16.2 Å². The molecule has 1 aliphatic rings. The first kappa shape index (κ1) is 36.4. The van der Waals surface area contributed by atoms with Crippen LogP contribution < -0.4 is 14.5 Å². The maximum Gasteiger partial charge on any atom is 0.137 e. The Bertz CT molecular complexity index is 3180. The number of hydrogen-bond acceptors (Lipinski definition) is 4. The van der Waals surface area contributed by atoms with E-state index in [2.05, 4.69) is 211 Å². The van der Waals surface area contributed by atoms with Crippen molar-refractivity contribution in [1.82, 2.24) is 9.55 Å². The average molecular weight is 789 g/mol. The van der Waals surface area contributed by atoms with Crippen molar-refractivity contribution in [1.29, 1.82) is 0 Å². The molecular weight excluding hydrogens is 745 g/mol. The molecule has 1 aliphatic heterocycles. The summed E-state index contributed by atoms with van der Waals surface area (Å²) >= 11 is 0. The molecule has 0 spiro atoms. The Hall–Kier alpha value is -7.63. The molecule has 294 valence electrons. The smallest absolute Gasteiger partial charge is 0.137 e. The highest BCUT2D eigenvalue weighted by Crippen LogP contribution is 2.53. The summed E-state index contributed by atoms with van der Waals surface area (Å²) in [5, 5.41) is 4.79. The summed E-state index contributed by atoms with van der Waals surface area (Å²) in [5.41, 5.74) is 12.8. The van der Waals surface area contributed by atoms with Gasteiger partial charge in [0.15, 0.2) is 0 Å². The SMILES string of the molecule is CC(C)(C)c1ccc2c(c1)c1ccc(Oc3cccc(N4CN(c5c(-c6ccccc6)cccc5-c5ccccc5)c5c4ccc4ccccc54)c3)cc1n2-c1ccccn1. The maximum atomic E-state index is 6.80. The van der Waals surface area contributed by atoms with E-state index in [9.17, 15) is 0 Å². The molecule has 0 aliphatic carbocycles. The number of anilines is 4. The van der Waals surface area contributed by atoms with Crippen LogP contribution in [0, 0.1) is 0 Å². The van der Waals surface area contributed by atoms with E-state index in [0.29, 0.717) is 6.67 Å². The molecule has 0 N–H and O–H groups in total. The van der Waals surface area contributed by atoms with Gasteiger partial charge in [-0.3, -0.25) is 4.57 Å². The van der Waals surface area contributed by atoms with E-state index in [1.54, 1.807) is 0 Å². The monoisotopic (exact) mass is 788 g/mol. The Kier molecular flexibility index (Phi) is 8.71. The Balaban J connectivity index is 1.02. The summed E-state index contributed by atoms with van der Waals surface area (Å²) < 4.78 is 9.05. The van der Waals surface area contributed by atoms with Crippen molar-refractivity contribution >= 4 is 55.3 Å². The minimum atomic E-state index is 0.0249. The third-order valence-corrected chi connectivity index (χ3v) is 12.0. The van der Waals surface area contributed by atoms with Crippen molar-refractivity contribution in [3.63, 3.8) is 0 Å². The Morgan fingerprint density at radius 2 is 1.20 bits per heavy atom. The second-order valence-corrected chi connectivity index (χ2v) is 16.9. The van der Waals surface area contributed by atoms with Crippen molar-refractivity contribution in [2.24, 2.45) is 0 Å². The molecule has 2 aromatic heterocycles. The molecule has 10 aromatic rings. The molecule has 0 unspecified atom stereocenters. The molecule has 0 saturated heterocycles. The number of nitrogens with zero attached hydrogens (tertiary/aromatic N) is 4. The topological polar surface area (TPSA) is 33.5 Å². The molecule has 0 amide bonds. The average Bonchev–Trinajstić information content (AvgIpc) is 3.85. The lowest BCUT2D eigenvalue weighted by Gasteiger charge is -2.27. The molecule has 0 radical (unpaired) electrons. The summed E-state index contributed by atoms with van der Waals surface area (Å²) in [6, 6.07) is 69.2. The molecule has 5 heteroatoms. The second-order valence-electron chi connectivity index (χ2n) is 16.9. The molecular formula is C56H44N4O. The first-order chi connectivity index (χ1) is 29.9. The van der Waals surface area contributed by atoms with Crippen LogP contribution in [0.4, 0.5) is 22.7 Å². The number of aromatic nitrogens is 2. The number of hydrogen-bond donors (Lipinski definition) is 0.